The Labute approximate surface area is 299 Å². The standard InChI is InChI=1S/C36H40F2N8O4S/c1-2-33(34(47)51)46-35(48)45(24-41-46)29-6-4-27(5-7-29)42-13-15-43(16-14-42)28-8-10-30(11-9-28)49-19-25-18-36(50-20-25,21-44-23-39-22-40-44)31-12-3-26(37)17-32(31)38/h3-12,17,22-25,33-34,47,51H,2,13-16,18-21H2,1H3/t25-,33+,34-,36+/m1/s1. The monoisotopic (exact) mass is 718 g/mol. The van der Waals surface area contributed by atoms with E-state index in [-0.39, 0.29) is 18.2 Å². The number of aliphatic hydroxyl groups excluding tert-OH is 1. The lowest BCUT2D eigenvalue weighted by Gasteiger charge is -2.37. The van der Waals surface area contributed by atoms with E-state index in [4.69, 9.17) is 9.47 Å². The van der Waals surface area contributed by atoms with Crippen molar-refractivity contribution in [2.24, 2.45) is 5.92 Å². The van der Waals surface area contributed by atoms with E-state index in [0.717, 1.165) is 49.4 Å². The van der Waals surface area contributed by atoms with E-state index in [2.05, 4.69) is 49.7 Å². The number of ether oxygens (including phenoxy) is 2. The van der Waals surface area contributed by atoms with Crippen molar-refractivity contribution in [1.82, 2.24) is 29.1 Å². The topological polar surface area (TPSA) is 116 Å². The number of anilines is 2. The smallest absolute Gasteiger partial charge is 0.350 e. The lowest BCUT2D eigenvalue weighted by Crippen LogP contribution is -2.46. The molecule has 2 aromatic heterocycles. The van der Waals surface area contributed by atoms with E-state index in [1.165, 1.54) is 34.0 Å². The molecule has 0 unspecified atom stereocenters. The number of aliphatic hydroxyl groups is 1. The summed E-state index contributed by atoms with van der Waals surface area (Å²) >= 11 is 4.10. The molecule has 1 N–H and O–H groups in total. The largest absolute Gasteiger partial charge is 0.493 e. The Bertz CT molecular complexity index is 1960. The average Bonchev–Trinajstić information content (AvgIpc) is 3.90. The Balaban J connectivity index is 0.923. The van der Waals surface area contributed by atoms with Crippen molar-refractivity contribution in [1.29, 1.82) is 0 Å². The Kier molecular flexibility index (Phi) is 10.1. The summed E-state index contributed by atoms with van der Waals surface area (Å²) in [6, 6.07) is 18.9. The molecule has 2 saturated heterocycles. The highest BCUT2D eigenvalue weighted by molar-refractivity contribution is 7.80. The summed E-state index contributed by atoms with van der Waals surface area (Å²) in [7, 11) is 0. The number of halogens is 2. The van der Waals surface area contributed by atoms with Crippen LogP contribution in [0.5, 0.6) is 5.75 Å². The van der Waals surface area contributed by atoms with Crippen molar-refractivity contribution < 1.29 is 23.4 Å². The van der Waals surface area contributed by atoms with Crippen molar-refractivity contribution in [3.05, 3.63) is 113 Å². The predicted molar refractivity (Wildman–Crippen MR) is 191 cm³/mol. The van der Waals surface area contributed by atoms with Gasteiger partial charge in [0, 0.05) is 55.1 Å². The third kappa shape index (κ3) is 7.37. The highest BCUT2D eigenvalue weighted by atomic mass is 32.1. The summed E-state index contributed by atoms with van der Waals surface area (Å²) in [6.07, 6.45) is 5.44. The van der Waals surface area contributed by atoms with Gasteiger partial charge >= 0.3 is 5.69 Å². The highest BCUT2D eigenvalue weighted by Crippen LogP contribution is 2.42. The van der Waals surface area contributed by atoms with E-state index >= 15 is 0 Å². The average molecular weight is 719 g/mol. The maximum atomic E-state index is 15.0. The summed E-state index contributed by atoms with van der Waals surface area (Å²) in [5, 5.41) is 18.3. The molecule has 0 amide bonds. The Hall–Kier alpha value is -4.73. The number of aromatic nitrogens is 6. The second-order valence-electron chi connectivity index (χ2n) is 13.0. The van der Waals surface area contributed by atoms with Gasteiger partial charge in [0.05, 0.1) is 31.5 Å². The summed E-state index contributed by atoms with van der Waals surface area (Å²) in [6.45, 7) is 6.21. The van der Waals surface area contributed by atoms with Crippen LogP contribution in [0.4, 0.5) is 20.2 Å². The van der Waals surface area contributed by atoms with Crippen molar-refractivity contribution in [2.75, 3.05) is 49.2 Å². The van der Waals surface area contributed by atoms with Crippen LogP contribution in [0.25, 0.3) is 5.69 Å². The molecule has 7 rings (SSSR count). The van der Waals surface area contributed by atoms with Gasteiger partial charge in [-0.15, -0.1) is 12.6 Å². The van der Waals surface area contributed by atoms with Crippen molar-refractivity contribution >= 4 is 24.0 Å². The summed E-state index contributed by atoms with van der Waals surface area (Å²) in [4.78, 5) is 21.6. The molecule has 0 aliphatic carbocycles. The van der Waals surface area contributed by atoms with Gasteiger partial charge in [-0.25, -0.2) is 32.5 Å². The molecule has 12 nitrogen and oxygen atoms in total. The van der Waals surface area contributed by atoms with Gasteiger partial charge in [-0.05, 0) is 67.4 Å². The number of rotatable bonds is 12. The zero-order chi connectivity index (χ0) is 35.5. The lowest BCUT2D eigenvalue weighted by molar-refractivity contribution is -0.0206. The Morgan fingerprint density at radius 3 is 2.24 bits per heavy atom. The molecule has 5 aromatic rings. The fraction of sp³-hybridized carbons (Fsp3) is 0.389. The predicted octanol–water partition coefficient (Wildman–Crippen LogP) is 4.44. The van der Waals surface area contributed by atoms with Crippen LogP contribution in [0.2, 0.25) is 0 Å². The minimum absolute atomic E-state index is 0.0149. The molecule has 0 saturated carbocycles. The lowest BCUT2D eigenvalue weighted by atomic mass is 9.87. The molecule has 2 aliphatic rings. The van der Waals surface area contributed by atoms with Gasteiger partial charge in [0.1, 0.15) is 47.4 Å². The van der Waals surface area contributed by atoms with Crippen LogP contribution in [0.3, 0.4) is 0 Å². The molecule has 268 valence electrons. The van der Waals surface area contributed by atoms with E-state index in [1.807, 2.05) is 43.3 Å². The van der Waals surface area contributed by atoms with Crippen LogP contribution in [0.1, 0.15) is 31.4 Å². The minimum Gasteiger partial charge on any atom is -0.493 e. The van der Waals surface area contributed by atoms with Crippen LogP contribution in [-0.4, -0.2) is 79.0 Å². The Morgan fingerprint density at radius 2 is 1.63 bits per heavy atom. The van der Waals surface area contributed by atoms with E-state index in [0.29, 0.717) is 37.3 Å². The quantitative estimate of drug-likeness (QED) is 0.143. The fourth-order valence-corrected chi connectivity index (χ4v) is 7.37. The summed E-state index contributed by atoms with van der Waals surface area (Å²) < 4.78 is 45.4. The first-order valence-corrected chi connectivity index (χ1v) is 17.5. The molecule has 2 aliphatic heterocycles. The fourth-order valence-electron chi connectivity index (χ4n) is 7.03. The minimum atomic E-state index is -1.02. The van der Waals surface area contributed by atoms with Gasteiger partial charge in [0.15, 0.2) is 0 Å². The van der Waals surface area contributed by atoms with Crippen LogP contribution >= 0.6 is 12.6 Å². The van der Waals surface area contributed by atoms with E-state index in [9.17, 15) is 18.7 Å². The molecule has 3 aromatic carbocycles. The van der Waals surface area contributed by atoms with Gasteiger partial charge < -0.3 is 24.4 Å². The number of hydrogen-bond acceptors (Lipinski definition) is 10. The SMILES string of the molecule is CC[C@@H]([C@H](O)S)n1ncn(-c2ccc(N3CCN(c4ccc(OC[C@@H]5CO[C@@](Cn6cncn6)(c6ccc(F)cc6F)C5)cc4)CC3)cc2)c1=O. The Morgan fingerprint density at radius 1 is 0.961 bits per heavy atom. The van der Waals surface area contributed by atoms with Crippen molar-refractivity contribution in [3.63, 3.8) is 0 Å². The summed E-state index contributed by atoms with van der Waals surface area (Å²) in [5.74, 6) is -0.573. The number of benzene rings is 3. The molecule has 15 heteroatoms. The third-order valence-electron chi connectivity index (χ3n) is 9.75. The molecule has 0 radical (unpaired) electrons. The molecule has 0 spiro atoms. The number of piperazine rings is 1. The normalized spacial score (nSPS) is 20.5. The van der Waals surface area contributed by atoms with Gasteiger partial charge in [0.25, 0.3) is 0 Å². The molecule has 51 heavy (non-hydrogen) atoms. The van der Waals surface area contributed by atoms with Gasteiger partial charge in [0.2, 0.25) is 0 Å². The number of thiol groups is 1. The zero-order valence-corrected chi connectivity index (χ0v) is 29.0. The molecular weight excluding hydrogens is 679 g/mol. The van der Waals surface area contributed by atoms with Crippen LogP contribution < -0.4 is 20.2 Å². The first-order valence-electron chi connectivity index (χ1n) is 17.0. The highest BCUT2D eigenvalue weighted by Gasteiger charge is 2.44. The number of hydrogen-bond donors (Lipinski definition) is 2. The molecule has 0 bridgehead atoms. The molecule has 2 fully saturated rings. The van der Waals surface area contributed by atoms with Crippen molar-refractivity contribution in [3.8, 4) is 11.4 Å². The first kappa shape index (κ1) is 34.7. The summed E-state index contributed by atoms with van der Waals surface area (Å²) in [5.41, 5.74) is 0.850. The van der Waals surface area contributed by atoms with Gasteiger partial charge in [-0.2, -0.15) is 10.2 Å². The van der Waals surface area contributed by atoms with Crippen LogP contribution in [0, 0.1) is 17.6 Å². The zero-order valence-electron chi connectivity index (χ0n) is 28.1. The molecule has 4 heterocycles. The second-order valence-corrected chi connectivity index (χ2v) is 13.5. The maximum absolute atomic E-state index is 15.0. The first-order chi connectivity index (χ1) is 24.7. The number of nitrogens with zero attached hydrogens (tertiary/aromatic N) is 8. The van der Waals surface area contributed by atoms with Gasteiger partial charge in [-0.3, -0.25) is 0 Å². The van der Waals surface area contributed by atoms with E-state index in [1.54, 1.807) is 11.0 Å². The van der Waals surface area contributed by atoms with Crippen molar-refractivity contribution in [2.45, 2.75) is 43.4 Å². The molecular formula is C36H40F2N8O4S. The maximum Gasteiger partial charge on any atom is 0.350 e. The van der Waals surface area contributed by atoms with E-state index < -0.39 is 28.7 Å². The second kappa shape index (κ2) is 14.9. The van der Waals surface area contributed by atoms with Crippen LogP contribution in [0.15, 0.2) is 90.5 Å². The molecule has 4 atom stereocenters. The third-order valence-corrected chi connectivity index (χ3v) is 10.1. The van der Waals surface area contributed by atoms with Gasteiger partial charge in [-0.1, -0.05) is 13.0 Å². The van der Waals surface area contributed by atoms with Crippen LogP contribution in [-0.2, 0) is 16.9 Å².